The molecule has 0 aliphatic heterocycles. The highest BCUT2D eigenvalue weighted by Crippen LogP contribution is 2.03. The molecular weight excluding hydrogens is 133 g/mol. The molecule has 1 aromatic rings. The fourth-order valence-corrected chi connectivity index (χ4v) is 0.766. The molecule has 1 heterocycles. The van der Waals surface area contributed by atoms with E-state index in [4.69, 9.17) is 5.73 Å². The maximum Gasteiger partial charge on any atom is 0.215 e. The quantitative estimate of drug-likeness (QED) is 0.655. The second-order valence-electron chi connectivity index (χ2n) is 1.98. The van der Waals surface area contributed by atoms with Gasteiger partial charge in [0.15, 0.2) is 0 Å². The molecule has 0 spiro atoms. The average molecular weight is 143 g/mol. The second kappa shape index (κ2) is 2.79. The predicted molar refractivity (Wildman–Crippen MR) is 35.8 cm³/mol. The molecule has 0 bridgehead atoms. The number of hydrogen-bond acceptors (Lipinski definition) is 2. The van der Waals surface area contributed by atoms with E-state index in [9.17, 15) is 4.39 Å². The lowest BCUT2D eigenvalue weighted by molar-refractivity contribution is 0.464. The first kappa shape index (κ1) is 7.21. The Kier molecular flexibility index (Phi) is 2.01. The molecule has 56 valence electrons. The van der Waals surface area contributed by atoms with E-state index in [0.29, 0.717) is 12.1 Å². The van der Waals surface area contributed by atoms with E-state index in [0.717, 1.165) is 0 Å². The molecule has 0 atom stereocenters. The zero-order valence-electron chi connectivity index (χ0n) is 5.84. The molecule has 0 unspecified atom stereocenters. The van der Waals surface area contributed by atoms with Crippen LogP contribution in [0.2, 0.25) is 0 Å². The molecule has 0 radical (unpaired) electrons. The molecule has 2 N–H and O–H groups in total. The van der Waals surface area contributed by atoms with Gasteiger partial charge in [0, 0.05) is 18.7 Å². The SMILES string of the molecule is CCn1ncc(CN)c1F. The summed E-state index contributed by atoms with van der Waals surface area (Å²) in [6.07, 6.45) is 1.46. The van der Waals surface area contributed by atoms with E-state index < -0.39 is 0 Å². The molecule has 10 heavy (non-hydrogen) atoms. The summed E-state index contributed by atoms with van der Waals surface area (Å²) < 4.78 is 14.1. The topological polar surface area (TPSA) is 43.8 Å². The van der Waals surface area contributed by atoms with Crippen molar-refractivity contribution in [1.29, 1.82) is 0 Å². The van der Waals surface area contributed by atoms with Gasteiger partial charge in [-0.1, -0.05) is 0 Å². The molecular formula is C6H10FN3. The number of aromatic nitrogens is 2. The lowest BCUT2D eigenvalue weighted by Crippen LogP contribution is -2.03. The summed E-state index contributed by atoms with van der Waals surface area (Å²) in [5.74, 6) is -0.315. The van der Waals surface area contributed by atoms with Gasteiger partial charge in [-0.15, -0.1) is 0 Å². The maximum atomic E-state index is 12.9. The van der Waals surface area contributed by atoms with Crippen molar-refractivity contribution in [3.63, 3.8) is 0 Å². The lowest BCUT2D eigenvalue weighted by atomic mass is 10.4. The van der Waals surface area contributed by atoms with Crippen molar-refractivity contribution >= 4 is 0 Å². The van der Waals surface area contributed by atoms with Crippen molar-refractivity contribution in [2.45, 2.75) is 20.0 Å². The number of nitrogens with zero attached hydrogens (tertiary/aromatic N) is 2. The third-order valence-electron chi connectivity index (χ3n) is 1.36. The standard InChI is InChI=1S/C6H10FN3/c1-2-10-6(7)5(3-8)4-9-10/h4H,2-3,8H2,1H3. The van der Waals surface area contributed by atoms with E-state index in [2.05, 4.69) is 5.10 Å². The predicted octanol–water partition coefficient (Wildman–Crippen LogP) is 0.501. The van der Waals surface area contributed by atoms with E-state index in [-0.39, 0.29) is 12.5 Å². The Morgan fingerprint density at radius 1 is 1.80 bits per heavy atom. The summed E-state index contributed by atoms with van der Waals surface area (Å²) in [5.41, 5.74) is 5.70. The minimum Gasteiger partial charge on any atom is -0.326 e. The van der Waals surface area contributed by atoms with Gasteiger partial charge in [0.05, 0.1) is 6.20 Å². The van der Waals surface area contributed by atoms with Crippen molar-refractivity contribution in [2.75, 3.05) is 0 Å². The Labute approximate surface area is 58.6 Å². The minimum absolute atomic E-state index is 0.214. The first-order chi connectivity index (χ1) is 4.79. The van der Waals surface area contributed by atoms with Crippen LogP contribution < -0.4 is 5.73 Å². The maximum absolute atomic E-state index is 12.9. The number of hydrogen-bond donors (Lipinski definition) is 1. The molecule has 1 rings (SSSR count). The largest absolute Gasteiger partial charge is 0.326 e. The molecule has 3 nitrogen and oxygen atoms in total. The molecule has 0 aliphatic rings. The number of nitrogens with two attached hydrogens (primary N) is 1. The van der Waals surface area contributed by atoms with Crippen LogP contribution in [-0.4, -0.2) is 9.78 Å². The van der Waals surface area contributed by atoms with Crippen molar-refractivity contribution in [3.05, 3.63) is 17.7 Å². The van der Waals surface area contributed by atoms with Gasteiger partial charge in [-0.3, -0.25) is 0 Å². The summed E-state index contributed by atoms with van der Waals surface area (Å²) >= 11 is 0. The summed E-state index contributed by atoms with van der Waals surface area (Å²) in [6.45, 7) is 2.59. The van der Waals surface area contributed by atoms with Crippen LogP contribution in [-0.2, 0) is 13.1 Å². The second-order valence-corrected chi connectivity index (χ2v) is 1.98. The normalized spacial score (nSPS) is 10.3. The first-order valence-electron chi connectivity index (χ1n) is 3.19. The van der Waals surface area contributed by atoms with Gasteiger partial charge in [-0.25, -0.2) is 4.68 Å². The Bertz CT molecular complexity index is 197. The number of halogens is 1. The van der Waals surface area contributed by atoms with Crippen LogP contribution in [0.4, 0.5) is 4.39 Å². The van der Waals surface area contributed by atoms with Crippen LogP contribution in [0, 0.1) is 5.95 Å². The van der Waals surface area contributed by atoms with Crippen LogP contribution in [0.15, 0.2) is 6.20 Å². The molecule has 0 saturated carbocycles. The molecule has 4 heteroatoms. The Morgan fingerprint density at radius 2 is 2.50 bits per heavy atom. The Hall–Kier alpha value is -0.900. The summed E-state index contributed by atoms with van der Waals surface area (Å²) in [6, 6.07) is 0. The molecule has 0 aliphatic carbocycles. The zero-order valence-corrected chi connectivity index (χ0v) is 5.84. The van der Waals surface area contributed by atoms with Crippen molar-refractivity contribution in [2.24, 2.45) is 5.73 Å². The third kappa shape index (κ3) is 1.02. The fraction of sp³-hybridized carbons (Fsp3) is 0.500. The Balaban J connectivity index is 2.97. The van der Waals surface area contributed by atoms with Crippen LogP contribution in [0.25, 0.3) is 0 Å². The number of aryl methyl sites for hydroxylation is 1. The van der Waals surface area contributed by atoms with Crippen molar-refractivity contribution in [3.8, 4) is 0 Å². The van der Waals surface area contributed by atoms with Crippen LogP contribution in [0.3, 0.4) is 0 Å². The van der Waals surface area contributed by atoms with Gasteiger partial charge in [0.25, 0.3) is 0 Å². The van der Waals surface area contributed by atoms with E-state index >= 15 is 0 Å². The molecule has 1 aromatic heterocycles. The number of rotatable bonds is 2. The highest BCUT2D eigenvalue weighted by Gasteiger charge is 2.05. The highest BCUT2D eigenvalue weighted by molar-refractivity contribution is 5.05. The monoisotopic (exact) mass is 143 g/mol. The smallest absolute Gasteiger partial charge is 0.215 e. The molecule has 0 saturated heterocycles. The van der Waals surface area contributed by atoms with Gasteiger partial charge < -0.3 is 5.73 Å². The van der Waals surface area contributed by atoms with Gasteiger partial charge in [0.2, 0.25) is 5.95 Å². The summed E-state index contributed by atoms with van der Waals surface area (Å²) in [7, 11) is 0. The van der Waals surface area contributed by atoms with Crippen LogP contribution in [0.1, 0.15) is 12.5 Å². The van der Waals surface area contributed by atoms with E-state index in [1.807, 2.05) is 6.92 Å². The van der Waals surface area contributed by atoms with E-state index in [1.165, 1.54) is 10.9 Å². The Morgan fingerprint density at radius 3 is 2.80 bits per heavy atom. The molecule has 0 fully saturated rings. The van der Waals surface area contributed by atoms with Gasteiger partial charge in [0.1, 0.15) is 0 Å². The van der Waals surface area contributed by atoms with Crippen molar-refractivity contribution < 1.29 is 4.39 Å². The summed E-state index contributed by atoms with van der Waals surface area (Å²) in [4.78, 5) is 0. The molecule has 0 aromatic carbocycles. The highest BCUT2D eigenvalue weighted by atomic mass is 19.1. The fourth-order valence-electron chi connectivity index (χ4n) is 0.766. The van der Waals surface area contributed by atoms with Crippen LogP contribution >= 0.6 is 0 Å². The van der Waals surface area contributed by atoms with Gasteiger partial charge in [-0.2, -0.15) is 9.49 Å². The van der Waals surface area contributed by atoms with Gasteiger partial charge in [-0.05, 0) is 6.92 Å². The average Bonchev–Trinajstić information content (AvgIpc) is 2.30. The molecule has 0 amide bonds. The lowest BCUT2D eigenvalue weighted by Gasteiger charge is -1.94. The van der Waals surface area contributed by atoms with Gasteiger partial charge >= 0.3 is 0 Å². The third-order valence-corrected chi connectivity index (χ3v) is 1.36. The van der Waals surface area contributed by atoms with E-state index in [1.54, 1.807) is 0 Å². The minimum atomic E-state index is -0.315. The van der Waals surface area contributed by atoms with Crippen molar-refractivity contribution in [1.82, 2.24) is 9.78 Å². The summed E-state index contributed by atoms with van der Waals surface area (Å²) in [5, 5.41) is 3.77. The first-order valence-corrected chi connectivity index (χ1v) is 3.19. The zero-order chi connectivity index (χ0) is 7.56. The van der Waals surface area contributed by atoms with Crippen LogP contribution in [0.5, 0.6) is 0 Å².